The van der Waals surface area contributed by atoms with Gasteiger partial charge in [-0.2, -0.15) is 4.98 Å². The van der Waals surface area contributed by atoms with Gasteiger partial charge in [-0.15, -0.1) is 0 Å². The molecular weight excluding hydrogens is 449 g/mol. The molecule has 0 spiro atoms. The van der Waals surface area contributed by atoms with Crippen LogP contribution in [-0.4, -0.2) is 52.1 Å². The molecule has 1 saturated heterocycles. The van der Waals surface area contributed by atoms with Crippen molar-refractivity contribution in [1.82, 2.24) is 20.0 Å². The van der Waals surface area contributed by atoms with Crippen LogP contribution >= 0.6 is 23.2 Å². The second kappa shape index (κ2) is 9.08. The summed E-state index contributed by atoms with van der Waals surface area (Å²) in [5, 5.41) is 5.05. The van der Waals surface area contributed by atoms with Crippen molar-refractivity contribution >= 4 is 34.9 Å². The molecule has 0 atom stereocenters. The van der Waals surface area contributed by atoms with Crippen LogP contribution in [0.3, 0.4) is 0 Å². The van der Waals surface area contributed by atoms with Gasteiger partial charge in [0.15, 0.2) is 0 Å². The standard InChI is InChI=1S/C23H23Cl2N5O2/c24-17-6-7-19(25)18(13-17)23(31)30-11-9-29(10-12-30)20-8-5-16(14-26-20)21-27-22(32-28-21)15-3-1-2-4-15/h5-8,13-15H,1-4,9-12H2. The molecule has 32 heavy (non-hydrogen) atoms. The number of anilines is 1. The smallest absolute Gasteiger partial charge is 0.255 e. The zero-order chi connectivity index (χ0) is 22.1. The van der Waals surface area contributed by atoms with Gasteiger partial charge < -0.3 is 14.3 Å². The Morgan fingerprint density at radius 2 is 1.81 bits per heavy atom. The fourth-order valence-electron chi connectivity index (χ4n) is 4.37. The van der Waals surface area contributed by atoms with Gasteiger partial charge in [0.05, 0.1) is 10.6 Å². The first-order chi connectivity index (χ1) is 15.6. The first kappa shape index (κ1) is 21.2. The van der Waals surface area contributed by atoms with Gasteiger partial charge in [0.2, 0.25) is 11.7 Å². The molecule has 2 aromatic heterocycles. The van der Waals surface area contributed by atoms with E-state index in [1.54, 1.807) is 29.3 Å². The molecule has 1 aromatic carbocycles. The third-order valence-electron chi connectivity index (χ3n) is 6.20. The highest BCUT2D eigenvalue weighted by molar-refractivity contribution is 6.35. The van der Waals surface area contributed by atoms with E-state index in [1.165, 1.54) is 12.8 Å². The largest absolute Gasteiger partial charge is 0.353 e. The predicted octanol–water partition coefficient (Wildman–Crippen LogP) is 5.06. The summed E-state index contributed by atoms with van der Waals surface area (Å²) in [5.41, 5.74) is 1.28. The predicted molar refractivity (Wildman–Crippen MR) is 123 cm³/mol. The Morgan fingerprint density at radius 1 is 1.03 bits per heavy atom. The van der Waals surface area contributed by atoms with Gasteiger partial charge in [-0.1, -0.05) is 41.2 Å². The van der Waals surface area contributed by atoms with Crippen LogP contribution in [0.5, 0.6) is 0 Å². The topological polar surface area (TPSA) is 75.4 Å². The Morgan fingerprint density at radius 3 is 2.53 bits per heavy atom. The van der Waals surface area contributed by atoms with E-state index in [1.807, 2.05) is 12.1 Å². The molecule has 7 nitrogen and oxygen atoms in total. The number of amides is 1. The molecule has 3 heterocycles. The van der Waals surface area contributed by atoms with Gasteiger partial charge in [0, 0.05) is 48.9 Å². The minimum absolute atomic E-state index is 0.101. The summed E-state index contributed by atoms with van der Waals surface area (Å²) in [6.07, 6.45) is 6.47. The first-order valence-corrected chi connectivity index (χ1v) is 11.6. The van der Waals surface area contributed by atoms with E-state index >= 15 is 0 Å². The maximum atomic E-state index is 12.8. The third-order valence-corrected chi connectivity index (χ3v) is 6.77. The van der Waals surface area contributed by atoms with E-state index in [4.69, 9.17) is 27.7 Å². The number of halogens is 2. The molecule has 2 aliphatic rings. The van der Waals surface area contributed by atoms with Crippen LogP contribution in [0.1, 0.15) is 47.8 Å². The Kier molecular flexibility index (Phi) is 6.02. The van der Waals surface area contributed by atoms with E-state index in [2.05, 4.69) is 20.0 Å². The van der Waals surface area contributed by atoms with Gasteiger partial charge >= 0.3 is 0 Å². The van der Waals surface area contributed by atoms with Crippen LogP contribution in [0.2, 0.25) is 10.0 Å². The highest BCUT2D eigenvalue weighted by atomic mass is 35.5. The maximum Gasteiger partial charge on any atom is 0.255 e. The van der Waals surface area contributed by atoms with E-state index in [-0.39, 0.29) is 5.91 Å². The van der Waals surface area contributed by atoms with Crippen LogP contribution in [0, 0.1) is 0 Å². The zero-order valence-corrected chi connectivity index (χ0v) is 19.0. The number of benzene rings is 1. The normalized spacial score (nSPS) is 17.2. The van der Waals surface area contributed by atoms with E-state index in [0.29, 0.717) is 53.5 Å². The molecule has 166 valence electrons. The van der Waals surface area contributed by atoms with E-state index in [9.17, 15) is 4.79 Å². The van der Waals surface area contributed by atoms with Crippen molar-refractivity contribution in [2.45, 2.75) is 31.6 Å². The van der Waals surface area contributed by atoms with Crippen LogP contribution in [0.15, 0.2) is 41.1 Å². The number of rotatable bonds is 4. The summed E-state index contributed by atoms with van der Waals surface area (Å²) in [7, 11) is 0. The van der Waals surface area contributed by atoms with E-state index in [0.717, 1.165) is 30.1 Å². The Bertz CT molecular complexity index is 1100. The summed E-state index contributed by atoms with van der Waals surface area (Å²) in [5.74, 6) is 2.47. The van der Waals surface area contributed by atoms with Crippen molar-refractivity contribution in [2.24, 2.45) is 0 Å². The van der Waals surface area contributed by atoms with Crippen molar-refractivity contribution < 1.29 is 9.32 Å². The van der Waals surface area contributed by atoms with Crippen LogP contribution in [-0.2, 0) is 0 Å². The number of aromatic nitrogens is 3. The fraction of sp³-hybridized carbons (Fsp3) is 0.391. The molecule has 0 N–H and O–H groups in total. The Hall–Kier alpha value is -2.64. The fourth-order valence-corrected chi connectivity index (χ4v) is 4.74. The first-order valence-electron chi connectivity index (χ1n) is 10.9. The van der Waals surface area contributed by atoms with E-state index < -0.39 is 0 Å². The lowest BCUT2D eigenvalue weighted by molar-refractivity contribution is 0.0746. The third kappa shape index (κ3) is 4.32. The Labute approximate surface area is 196 Å². The highest BCUT2D eigenvalue weighted by Crippen LogP contribution is 2.34. The van der Waals surface area contributed by atoms with Gasteiger partial charge in [0.1, 0.15) is 5.82 Å². The quantitative estimate of drug-likeness (QED) is 0.529. The molecule has 0 unspecified atom stereocenters. The lowest BCUT2D eigenvalue weighted by Gasteiger charge is -2.35. The maximum absolute atomic E-state index is 12.8. The highest BCUT2D eigenvalue weighted by Gasteiger charge is 2.25. The number of carbonyl (C=O) groups excluding carboxylic acids is 1. The molecule has 0 bridgehead atoms. The zero-order valence-electron chi connectivity index (χ0n) is 17.5. The molecule has 1 saturated carbocycles. The second-order valence-electron chi connectivity index (χ2n) is 8.25. The number of hydrogen-bond acceptors (Lipinski definition) is 6. The van der Waals surface area contributed by atoms with Crippen LogP contribution in [0.4, 0.5) is 5.82 Å². The molecule has 3 aromatic rings. The summed E-state index contributed by atoms with van der Waals surface area (Å²) in [6.45, 7) is 2.54. The van der Waals surface area contributed by atoms with Gasteiger partial charge in [-0.05, 0) is 43.2 Å². The lowest BCUT2D eigenvalue weighted by atomic mass is 10.1. The molecule has 5 rings (SSSR count). The number of pyridine rings is 1. The lowest BCUT2D eigenvalue weighted by Crippen LogP contribution is -2.49. The number of hydrogen-bond donors (Lipinski definition) is 0. The van der Waals surface area contributed by atoms with Crippen LogP contribution < -0.4 is 4.90 Å². The molecule has 1 aliphatic heterocycles. The molecule has 1 amide bonds. The number of nitrogens with zero attached hydrogens (tertiary/aromatic N) is 5. The van der Waals surface area contributed by atoms with Crippen molar-refractivity contribution in [3.8, 4) is 11.4 Å². The van der Waals surface area contributed by atoms with Gasteiger partial charge in [0.25, 0.3) is 5.91 Å². The van der Waals surface area contributed by atoms with Crippen molar-refractivity contribution in [1.29, 1.82) is 0 Å². The summed E-state index contributed by atoms with van der Waals surface area (Å²) in [4.78, 5) is 26.0. The monoisotopic (exact) mass is 471 g/mol. The van der Waals surface area contributed by atoms with Crippen molar-refractivity contribution in [2.75, 3.05) is 31.1 Å². The molecule has 2 fully saturated rings. The summed E-state index contributed by atoms with van der Waals surface area (Å²) < 4.78 is 5.48. The van der Waals surface area contributed by atoms with Crippen molar-refractivity contribution in [3.05, 3.63) is 58.0 Å². The Balaban J connectivity index is 1.21. The van der Waals surface area contributed by atoms with Gasteiger partial charge in [-0.3, -0.25) is 4.79 Å². The second-order valence-corrected chi connectivity index (χ2v) is 9.09. The number of carbonyl (C=O) groups is 1. The molecule has 0 radical (unpaired) electrons. The van der Waals surface area contributed by atoms with Crippen molar-refractivity contribution in [3.63, 3.8) is 0 Å². The number of piperazine rings is 1. The molecule has 9 heteroatoms. The average Bonchev–Trinajstić information content (AvgIpc) is 3.53. The minimum Gasteiger partial charge on any atom is -0.353 e. The molecule has 1 aliphatic carbocycles. The minimum atomic E-state index is -0.101. The SMILES string of the molecule is O=C(c1cc(Cl)ccc1Cl)N1CCN(c2ccc(-c3noc(C4CCCC4)n3)cn2)CC1. The van der Waals surface area contributed by atoms with Gasteiger partial charge in [-0.25, -0.2) is 4.98 Å². The summed E-state index contributed by atoms with van der Waals surface area (Å²) >= 11 is 12.2. The average molecular weight is 472 g/mol. The summed E-state index contributed by atoms with van der Waals surface area (Å²) in [6, 6.07) is 8.88. The van der Waals surface area contributed by atoms with Crippen LogP contribution in [0.25, 0.3) is 11.4 Å². The molecular formula is C23H23Cl2N5O2.